The van der Waals surface area contributed by atoms with Gasteiger partial charge in [0.1, 0.15) is 6.04 Å². The van der Waals surface area contributed by atoms with E-state index in [1.807, 2.05) is 76.2 Å². The van der Waals surface area contributed by atoms with Gasteiger partial charge in [-0.15, -0.1) is 0 Å². The molecule has 0 aliphatic rings. The van der Waals surface area contributed by atoms with Crippen LogP contribution in [0.4, 0.5) is 5.69 Å². The summed E-state index contributed by atoms with van der Waals surface area (Å²) in [5, 5.41) is 2.87. The third-order valence-corrected chi connectivity index (χ3v) is 6.63. The van der Waals surface area contributed by atoms with Crippen molar-refractivity contribution in [3.8, 4) is 0 Å². The van der Waals surface area contributed by atoms with Gasteiger partial charge in [-0.2, -0.15) is 0 Å². The molecule has 0 fully saturated rings. The fraction of sp³-hybridized carbons (Fsp3) is 0.462. The Balaban J connectivity index is 2.17. The van der Waals surface area contributed by atoms with Crippen LogP contribution in [0, 0.1) is 13.8 Å². The predicted molar refractivity (Wildman–Crippen MR) is 137 cm³/mol. The van der Waals surface area contributed by atoms with E-state index in [-0.39, 0.29) is 30.8 Å². The van der Waals surface area contributed by atoms with Crippen LogP contribution in [0.5, 0.6) is 0 Å². The molecule has 2 aromatic carbocycles. The van der Waals surface area contributed by atoms with Crippen LogP contribution in [0.15, 0.2) is 48.5 Å². The zero-order valence-electron chi connectivity index (χ0n) is 21.0. The van der Waals surface area contributed by atoms with Crippen molar-refractivity contribution in [1.29, 1.82) is 0 Å². The Bertz CT molecular complexity index is 1060. The van der Waals surface area contributed by atoms with E-state index >= 15 is 0 Å². The second-order valence-electron chi connectivity index (χ2n) is 9.13. The van der Waals surface area contributed by atoms with E-state index in [9.17, 15) is 18.0 Å². The Labute approximate surface area is 204 Å². The van der Waals surface area contributed by atoms with Crippen molar-refractivity contribution < 1.29 is 18.0 Å². The number of nitrogens with zero attached hydrogens (tertiary/aromatic N) is 2. The third kappa shape index (κ3) is 8.17. The molecule has 1 N–H and O–H groups in total. The Kier molecular flexibility index (Phi) is 9.67. The van der Waals surface area contributed by atoms with Gasteiger partial charge in [-0.25, -0.2) is 8.42 Å². The minimum absolute atomic E-state index is 0.0373. The highest BCUT2D eigenvalue weighted by Gasteiger charge is 2.27. The first kappa shape index (κ1) is 27.4. The molecule has 0 saturated heterocycles. The summed E-state index contributed by atoms with van der Waals surface area (Å²) in [6.07, 6.45) is 1.64. The van der Waals surface area contributed by atoms with E-state index in [1.54, 1.807) is 11.8 Å². The first-order chi connectivity index (χ1) is 15.9. The molecule has 0 aliphatic heterocycles. The van der Waals surface area contributed by atoms with Crippen molar-refractivity contribution in [2.45, 2.75) is 66.1 Å². The number of benzene rings is 2. The summed E-state index contributed by atoms with van der Waals surface area (Å²) >= 11 is 0. The second-order valence-corrected chi connectivity index (χ2v) is 11.0. The third-order valence-electron chi connectivity index (χ3n) is 5.44. The molecular formula is C26H37N3O4S. The number of carbonyl (C=O) groups is 2. The summed E-state index contributed by atoms with van der Waals surface area (Å²) in [6, 6.07) is 14.5. The van der Waals surface area contributed by atoms with Gasteiger partial charge in [0.2, 0.25) is 21.8 Å². The zero-order chi connectivity index (χ0) is 25.5. The van der Waals surface area contributed by atoms with Crippen LogP contribution >= 0.6 is 0 Å². The lowest BCUT2D eigenvalue weighted by Gasteiger charge is -2.30. The maximum atomic E-state index is 13.2. The van der Waals surface area contributed by atoms with Gasteiger partial charge < -0.3 is 10.2 Å². The van der Waals surface area contributed by atoms with Crippen LogP contribution in [0.3, 0.4) is 0 Å². The molecule has 186 valence electrons. The molecule has 0 radical (unpaired) electrons. The summed E-state index contributed by atoms with van der Waals surface area (Å²) in [5.74, 6) is -0.406. The first-order valence-electron chi connectivity index (χ1n) is 11.6. The number of nitrogens with one attached hydrogen (secondary N) is 1. The normalized spacial score (nSPS) is 12.3. The largest absolute Gasteiger partial charge is 0.352 e. The van der Waals surface area contributed by atoms with Crippen LogP contribution in [0.2, 0.25) is 0 Å². The lowest BCUT2D eigenvalue weighted by Crippen LogP contribution is -2.49. The molecule has 0 spiro atoms. The molecule has 1 atom stereocenters. The summed E-state index contributed by atoms with van der Waals surface area (Å²) in [4.78, 5) is 27.5. The topological polar surface area (TPSA) is 86.8 Å². The Morgan fingerprint density at radius 3 is 2.09 bits per heavy atom. The van der Waals surface area contributed by atoms with Gasteiger partial charge in [0.15, 0.2) is 0 Å². The predicted octanol–water partition coefficient (Wildman–Crippen LogP) is 3.79. The summed E-state index contributed by atoms with van der Waals surface area (Å²) in [6.45, 7) is 9.80. The van der Waals surface area contributed by atoms with E-state index in [1.165, 1.54) is 10.6 Å². The molecule has 2 amide bonds. The Morgan fingerprint density at radius 1 is 0.971 bits per heavy atom. The zero-order valence-corrected chi connectivity index (χ0v) is 21.9. The fourth-order valence-electron chi connectivity index (χ4n) is 3.87. The molecule has 2 aromatic rings. The van der Waals surface area contributed by atoms with Crippen LogP contribution in [0.1, 0.15) is 50.3 Å². The summed E-state index contributed by atoms with van der Waals surface area (Å²) < 4.78 is 26.3. The molecule has 2 rings (SSSR count). The van der Waals surface area contributed by atoms with Crippen molar-refractivity contribution in [3.63, 3.8) is 0 Å². The van der Waals surface area contributed by atoms with E-state index < -0.39 is 16.1 Å². The maximum absolute atomic E-state index is 13.2. The number of anilines is 1. The Hall–Kier alpha value is -2.87. The number of aryl methyl sites for hydroxylation is 2. The van der Waals surface area contributed by atoms with E-state index in [4.69, 9.17) is 0 Å². The highest BCUT2D eigenvalue weighted by atomic mass is 32.2. The quantitative estimate of drug-likeness (QED) is 0.522. The van der Waals surface area contributed by atoms with Crippen LogP contribution in [0.25, 0.3) is 0 Å². The second kappa shape index (κ2) is 12.0. The number of carbonyl (C=O) groups excluding carboxylic acids is 2. The lowest BCUT2D eigenvalue weighted by atomic mass is 10.1. The molecule has 0 heterocycles. The van der Waals surface area contributed by atoms with Crippen LogP contribution < -0.4 is 9.62 Å². The molecule has 0 aromatic heterocycles. The van der Waals surface area contributed by atoms with E-state index in [2.05, 4.69) is 5.32 Å². The van der Waals surface area contributed by atoms with Crippen LogP contribution in [-0.4, -0.2) is 50.0 Å². The average molecular weight is 488 g/mol. The molecule has 0 unspecified atom stereocenters. The van der Waals surface area contributed by atoms with E-state index in [0.29, 0.717) is 18.7 Å². The number of rotatable bonds is 11. The minimum Gasteiger partial charge on any atom is -0.352 e. The highest BCUT2D eigenvalue weighted by molar-refractivity contribution is 7.92. The van der Waals surface area contributed by atoms with Gasteiger partial charge in [-0.1, -0.05) is 36.4 Å². The van der Waals surface area contributed by atoms with Crippen molar-refractivity contribution in [2.24, 2.45) is 0 Å². The maximum Gasteiger partial charge on any atom is 0.242 e. The van der Waals surface area contributed by atoms with Crippen molar-refractivity contribution >= 4 is 27.5 Å². The van der Waals surface area contributed by atoms with Gasteiger partial charge in [-0.05, 0) is 69.9 Å². The number of amides is 2. The first-order valence-corrected chi connectivity index (χ1v) is 13.4. The summed E-state index contributed by atoms with van der Waals surface area (Å²) in [5.41, 5.74) is 3.46. The Morgan fingerprint density at radius 2 is 1.56 bits per heavy atom. The number of hydrogen-bond donors (Lipinski definition) is 1. The van der Waals surface area contributed by atoms with Crippen molar-refractivity contribution in [3.05, 3.63) is 65.2 Å². The monoisotopic (exact) mass is 487 g/mol. The molecular weight excluding hydrogens is 450 g/mol. The minimum atomic E-state index is -3.52. The standard InChI is InChI=1S/C26H37N3O4S/c1-19(2)27-26(31)22(5)28(18-23-11-8-7-9-12-23)25(30)13-10-14-29(34(6,32)33)24-16-20(3)15-21(4)17-24/h7-9,11-12,15-17,19,22H,10,13-14,18H2,1-6H3,(H,27,31)/t22-/m1/s1. The molecule has 0 aliphatic carbocycles. The molecule has 0 saturated carbocycles. The molecule has 0 bridgehead atoms. The van der Waals surface area contributed by atoms with E-state index in [0.717, 1.165) is 16.7 Å². The SMILES string of the molecule is Cc1cc(C)cc(N(CCCC(=O)N(Cc2ccccc2)[C@H](C)C(=O)NC(C)C)S(C)(=O)=O)c1. The molecule has 8 heteroatoms. The van der Waals surface area contributed by atoms with Crippen molar-refractivity contribution in [2.75, 3.05) is 17.1 Å². The number of hydrogen-bond acceptors (Lipinski definition) is 4. The average Bonchev–Trinajstić information content (AvgIpc) is 2.73. The van der Waals surface area contributed by atoms with Crippen molar-refractivity contribution in [1.82, 2.24) is 10.2 Å². The van der Waals surface area contributed by atoms with Gasteiger partial charge >= 0.3 is 0 Å². The highest BCUT2D eigenvalue weighted by Crippen LogP contribution is 2.22. The van der Waals surface area contributed by atoms with Gasteiger partial charge in [0, 0.05) is 25.6 Å². The molecule has 34 heavy (non-hydrogen) atoms. The van der Waals surface area contributed by atoms with Gasteiger partial charge in [0.05, 0.1) is 11.9 Å². The van der Waals surface area contributed by atoms with Gasteiger partial charge in [0.25, 0.3) is 0 Å². The fourth-order valence-corrected chi connectivity index (χ4v) is 4.82. The smallest absolute Gasteiger partial charge is 0.242 e. The van der Waals surface area contributed by atoms with Crippen LogP contribution in [-0.2, 0) is 26.2 Å². The summed E-state index contributed by atoms with van der Waals surface area (Å²) in [7, 11) is -3.52. The number of sulfonamides is 1. The van der Waals surface area contributed by atoms with Gasteiger partial charge in [-0.3, -0.25) is 13.9 Å². The lowest BCUT2D eigenvalue weighted by molar-refractivity contribution is -0.140. The molecule has 7 nitrogen and oxygen atoms in total.